The fraction of sp³-hybridized carbons (Fsp3) is 0.826. The molecule has 2 saturated heterocycles. The number of rotatable bonds is 0. The van der Waals surface area contributed by atoms with Crippen LogP contribution < -0.4 is 10.6 Å². The molecule has 0 aromatic carbocycles. The highest BCUT2D eigenvalue weighted by Crippen LogP contribution is 1.93. The van der Waals surface area contributed by atoms with Gasteiger partial charge < -0.3 is 20.4 Å². The summed E-state index contributed by atoms with van der Waals surface area (Å²) in [4.78, 5) is 4.72. The summed E-state index contributed by atoms with van der Waals surface area (Å²) < 4.78 is 0. The summed E-state index contributed by atoms with van der Waals surface area (Å²) in [6.45, 7) is 23.4. The number of nitrogens with one attached hydrogen (secondary N) is 2. The third kappa shape index (κ3) is 33.2. The van der Waals surface area contributed by atoms with Gasteiger partial charge in [-0.05, 0) is 58.8 Å². The van der Waals surface area contributed by atoms with Crippen molar-refractivity contribution >= 4 is 0 Å². The highest BCUT2D eigenvalue weighted by atomic mass is 15.2. The van der Waals surface area contributed by atoms with Crippen molar-refractivity contribution in [3.05, 3.63) is 24.6 Å². The maximum atomic E-state index is 3.22. The van der Waals surface area contributed by atoms with Gasteiger partial charge in [0.25, 0.3) is 0 Å². The molecular formula is C23H54N4. The van der Waals surface area contributed by atoms with E-state index in [0.717, 1.165) is 6.42 Å². The van der Waals surface area contributed by atoms with Gasteiger partial charge in [0.05, 0.1) is 0 Å². The van der Waals surface area contributed by atoms with Crippen LogP contribution in [-0.4, -0.2) is 63.2 Å². The highest BCUT2D eigenvalue weighted by Gasteiger charge is 2.07. The quantitative estimate of drug-likeness (QED) is 0.588. The van der Waals surface area contributed by atoms with Crippen LogP contribution in [0, 0.1) is 0 Å². The minimum atomic E-state index is 1.08. The zero-order valence-corrected chi connectivity index (χ0v) is 20.6. The molecule has 3 aliphatic heterocycles. The minimum Gasteiger partial charge on any atom is -0.368 e. The summed E-state index contributed by atoms with van der Waals surface area (Å²) in [7, 11) is 4.35. The lowest BCUT2D eigenvalue weighted by Crippen LogP contribution is -2.42. The van der Waals surface area contributed by atoms with E-state index in [1.165, 1.54) is 52.1 Å². The van der Waals surface area contributed by atoms with E-state index in [9.17, 15) is 0 Å². The van der Waals surface area contributed by atoms with Crippen LogP contribution >= 0.6 is 0 Å². The van der Waals surface area contributed by atoms with Gasteiger partial charge in [0.2, 0.25) is 0 Å². The Morgan fingerprint density at radius 3 is 1.07 bits per heavy atom. The first kappa shape index (κ1) is 33.7. The second-order valence-corrected chi connectivity index (χ2v) is 5.27. The topological polar surface area (TPSA) is 30.5 Å². The Morgan fingerprint density at radius 1 is 0.593 bits per heavy atom. The van der Waals surface area contributed by atoms with E-state index in [1.807, 2.05) is 67.8 Å². The summed E-state index contributed by atoms with van der Waals surface area (Å²) >= 11 is 0. The van der Waals surface area contributed by atoms with Crippen molar-refractivity contribution in [2.45, 2.75) is 74.7 Å². The van der Waals surface area contributed by atoms with E-state index in [-0.39, 0.29) is 0 Å². The standard InChI is InChI=1S/C6H14N2.C5H7N.C4H9N.4C2H6/c1-7-3-5-8(2)6-4-7;1-2-4-6-5-3-1;1-2-4-5-3-1;4*1-2/h3-6H2,1-2H3;2-6H,1H2;5H,1-4H2;4*1-2H3. The number of allylic oxidation sites excluding steroid dienone is 2. The summed E-state index contributed by atoms with van der Waals surface area (Å²) in [6.07, 6.45) is 11.9. The smallest absolute Gasteiger partial charge is 0.0107 e. The van der Waals surface area contributed by atoms with Crippen molar-refractivity contribution in [2.75, 3.05) is 53.4 Å². The number of piperazine rings is 1. The molecule has 166 valence electrons. The maximum absolute atomic E-state index is 3.22. The van der Waals surface area contributed by atoms with Gasteiger partial charge in [-0.25, -0.2) is 0 Å². The lowest BCUT2D eigenvalue weighted by molar-refractivity contribution is 0.181. The largest absolute Gasteiger partial charge is 0.368 e. The number of likely N-dealkylation sites (N-methyl/N-ethyl adjacent to an activating group) is 2. The van der Waals surface area contributed by atoms with Crippen LogP contribution in [0.25, 0.3) is 0 Å². The molecular weight excluding hydrogens is 332 g/mol. The second kappa shape index (κ2) is 36.1. The van der Waals surface area contributed by atoms with E-state index in [4.69, 9.17) is 0 Å². The molecule has 2 N–H and O–H groups in total. The van der Waals surface area contributed by atoms with Gasteiger partial charge in [-0.1, -0.05) is 67.5 Å². The van der Waals surface area contributed by atoms with Crippen molar-refractivity contribution in [3.8, 4) is 0 Å². The van der Waals surface area contributed by atoms with Gasteiger partial charge in [-0.15, -0.1) is 0 Å². The molecule has 0 aliphatic carbocycles. The molecule has 4 nitrogen and oxygen atoms in total. The van der Waals surface area contributed by atoms with E-state index in [2.05, 4.69) is 46.7 Å². The molecule has 3 heterocycles. The molecule has 0 spiro atoms. The zero-order valence-electron chi connectivity index (χ0n) is 20.6. The Labute approximate surface area is 173 Å². The third-order valence-corrected chi connectivity index (χ3v) is 3.38. The van der Waals surface area contributed by atoms with Gasteiger partial charge in [0.1, 0.15) is 0 Å². The normalized spacial score (nSPS) is 17.0. The van der Waals surface area contributed by atoms with Gasteiger partial charge in [-0.3, -0.25) is 0 Å². The average molecular weight is 387 g/mol. The van der Waals surface area contributed by atoms with E-state index >= 15 is 0 Å². The number of nitrogens with zero attached hydrogens (tertiary/aromatic N) is 2. The number of hydrogen-bond donors (Lipinski definition) is 2. The van der Waals surface area contributed by atoms with Crippen LogP contribution in [0.5, 0.6) is 0 Å². The first-order valence-corrected chi connectivity index (χ1v) is 11.4. The molecule has 0 bridgehead atoms. The molecule has 3 aliphatic rings. The fourth-order valence-corrected chi connectivity index (χ4v) is 1.94. The molecule has 0 atom stereocenters. The molecule has 0 amide bonds. The van der Waals surface area contributed by atoms with Gasteiger partial charge >= 0.3 is 0 Å². The Balaban J connectivity index is -0.000000126. The van der Waals surface area contributed by atoms with Gasteiger partial charge in [-0.2, -0.15) is 0 Å². The monoisotopic (exact) mass is 386 g/mol. The summed E-state index contributed by atoms with van der Waals surface area (Å²) in [5, 5.41) is 6.15. The maximum Gasteiger partial charge on any atom is 0.0107 e. The van der Waals surface area contributed by atoms with Crippen LogP contribution in [0.1, 0.15) is 74.7 Å². The molecule has 0 aromatic rings. The first-order chi connectivity index (χ1) is 13.3. The van der Waals surface area contributed by atoms with Crippen LogP contribution in [0.3, 0.4) is 0 Å². The minimum absolute atomic E-state index is 1.08. The van der Waals surface area contributed by atoms with Crippen LogP contribution in [-0.2, 0) is 0 Å². The summed E-state index contributed by atoms with van der Waals surface area (Å²) in [5.74, 6) is 0. The van der Waals surface area contributed by atoms with Crippen molar-refractivity contribution in [2.24, 2.45) is 0 Å². The van der Waals surface area contributed by atoms with Gasteiger partial charge in [0, 0.05) is 26.2 Å². The Morgan fingerprint density at radius 2 is 0.926 bits per heavy atom. The van der Waals surface area contributed by atoms with Crippen molar-refractivity contribution in [1.82, 2.24) is 20.4 Å². The molecule has 0 radical (unpaired) electrons. The van der Waals surface area contributed by atoms with Crippen LogP contribution in [0.4, 0.5) is 0 Å². The molecule has 0 aromatic heterocycles. The molecule has 0 unspecified atom stereocenters. The van der Waals surface area contributed by atoms with Gasteiger partial charge in [0.15, 0.2) is 0 Å². The Bertz CT molecular complexity index is 215. The molecule has 3 rings (SSSR count). The van der Waals surface area contributed by atoms with E-state index in [0.29, 0.717) is 0 Å². The SMILES string of the molecule is C1=CNC=CC1.C1CCNC1.CC.CC.CC.CC.CN1CCN(C)CC1. The predicted octanol–water partition coefficient (Wildman–Crippen LogP) is 5.35. The fourth-order valence-electron chi connectivity index (χ4n) is 1.94. The van der Waals surface area contributed by atoms with Crippen molar-refractivity contribution in [1.29, 1.82) is 0 Å². The predicted molar refractivity (Wildman–Crippen MR) is 129 cm³/mol. The van der Waals surface area contributed by atoms with Crippen LogP contribution in [0.2, 0.25) is 0 Å². The average Bonchev–Trinajstić information content (AvgIpc) is 3.38. The highest BCUT2D eigenvalue weighted by molar-refractivity contribution is 4.98. The van der Waals surface area contributed by atoms with Crippen molar-refractivity contribution in [3.63, 3.8) is 0 Å². The molecule has 0 saturated carbocycles. The van der Waals surface area contributed by atoms with E-state index < -0.39 is 0 Å². The third-order valence-electron chi connectivity index (χ3n) is 3.38. The molecule has 4 heteroatoms. The first-order valence-electron chi connectivity index (χ1n) is 11.4. The second-order valence-electron chi connectivity index (χ2n) is 5.27. The van der Waals surface area contributed by atoms with Crippen molar-refractivity contribution < 1.29 is 0 Å². The zero-order chi connectivity index (χ0) is 21.8. The van der Waals surface area contributed by atoms with E-state index in [1.54, 1.807) is 0 Å². The number of dihydropyridines is 1. The number of hydrogen-bond acceptors (Lipinski definition) is 4. The molecule has 2 fully saturated rings. The lowest BCUT2D eigenvalue weighted by Gasteiger charge is -2.28. The summed E-state index contributed by atoms with van der Waals surface area (Å²) in [6, 6.07) is 0. The summed E-state index contributed by atoms with van der Waals surface area (Å²) in [5.41, 5.74) is 0. The molecule has 27 heavy (non-hydrogen) atoms. The lowest BCUT2D eigenvalue weighted by atomic mass is 10.4. The Kier molecular flexibility index (Phi) is 45.1. The Hall–Kier alpha value is -0.840. The van der Waals surface area contributed by atoms with Crippen LogP contribution in [0.15, 0.2) is 24.6 Å².